The van der Waals surface area contributed by atoms with Crippen LogP contribution in [-0.2, 0) is 0 Å². The molecule has 84 valence electrons. The molecule has 0 aromatic carbocycles. The van der Waals surface area contributed by atoms with Gasteiger partial charge in [-0.2, -0.15) is 0 Å². The summed E-state index contributed by atoms with van der Waals surface area (Å²) in [6, 6.07) is 0. The number of hydrogen-bond donors (Lipinski definition) is 2. The van der Waals surface area contributed by atoms with Crippen LogP contribution in [-0.4, -0.2) is 21.9 Å². The lowest BCUT2D eigenvalue weighted by molar-refractivity contribution is -0.282. The van der Waals surface area contributed by atoms with E-state index < -0.39 is 11.7 Å². The van der Waals surface area contributed by atoms with Crippen LogP contribution < -0.4 is 0 Å². The number of aliphatic hydroxyl groups is 2. The summed E-state index contributed by atoms with van der Waals surface area (Å²) >= 11 is 0. The lowest BCUT2D eigenvalue weighted by Gasteiger charge is -2.62. The van der Waals surface area contributed by atoms with Crippen LogP contribution in [0.2, 0.25) is 0 Å². The monoisotopic (exact) mass is 208 g/mol. The van der Waals surface area contributed by atoms with E-state index in [1.807, 2.05) is 20.8 Å². The van der Waals surface area contributed by atoms with Crippen molar-refractivity contribution >= 4 is 0 Å². The quantitative estimate of drug-likeness (QED) is 0.593. The van der Waals surface area contributed by atoms with Crippen molar-refractivity contribution in [2.24, 2.45) is 29.1 Å². The van der Waals surface area contributed by atoms with Gasteiger partial charge in [0.2, 0.25) is 0 Å². The van der Waals surface area contributed by atoms with Gasteiger partial charge in [-0.25, -0.2) is 0 Å². The van der Waals surface area contributed by atoms with E-state index in [2.05, 4.69) is 12.2 Å². The van der Waals surface area contributed by atoms with Crippen molar-refractivity contribution in [3.63, 3.8) is 0 Å². The molecule has 0 saturated heterocycles. The van der Waals surface area contributed by atoms with Crippen LogP contribution in [0.4, 0.5) is 0 Å². The van der Waals surface area contributed by atoms with Crippen molar-refractivity contribution < 1.29 is 10.2 Å². The van der Waals surface area contributed by atoms with Crippen LogP contribution in [0.3, 0.4) is 0 Å². The molecule has 2 heteroatoms. The van der Waals surface area contributed by atoms with Gasteiger partial charge in [0, 0.05) is 11.8 Å². The Hall–Kier alpha value is -0.340. The first-order valence-electron chi connectivity index (χ1n) is 5.96. The highest BCUT2D eigenvalue weighted by molar-refractivity contribution is 5.28. The second-order valence-corrected chi connectivity index (χ2v) is 6.57. The molecule has 3 aliphatic rings. The Balaban J connectivity index is 1.99. The van der Waals surface area contributed by atoms with Gasteiger partial charge >= 0.3 is 0 Å². The zero-order valence-electron chi connectivity index (χ0n) is 9.64. The summed E-state index contributed by atoms with van der Waals surface area (Å²) in [7, 11) is 0. The van der Waals surface area contributed by atoms with Crippen molar-refractivity contribution in [2.75, 3.05) is 0 Å². The highest BCUT2D eigenvalue weighted by Crippen LogP contribution is 2.66. The van der Waals surface area contributed by atoms with Gasteiger partial charge in [0.1, 0.15) is 0 Å². The molecule has 2 fully saturated rings. The minimum absolute atomic E-state index is 0.230. The Morgan fingerprint density at radius 2 is 1.80 bits per heavy atom. The maximum Gasteiger partial charge on any atom is 0.0993 e. The lowest BCUT2D eigenvalue weighted by atomic mass is 9.47. The Kier molecular flexibility index (Phi) is 1.64. The molecule has 2 saturated carbocycles. The average Bonchev–Trinajstić information content (AvgIpc) is 2.71. The van der Waals surface area contributed by atoms with Gasteiger partial charge in [0.05, 0.1) is 11.7 Å². The molecule has 0 aromatic heterocycles. The summed E-state index contributed by atoms with van der Waals surface area (Å²) in [6.45, 7) is 6.09. The van der Waals surface area contributed by atoms with E-state index in [4.69, 9.17) is 0 Å². The van der Waals surface area contributed by atoms with Gasteiger partial charge in [0.25, 0.3) is 0 Å². The second-order valence-electron chi connectivity index (χ2n) is 6.57. The molecule has 2 N–H and O–H groups in total. The van der Waals surface area contributed by atoms with Crippen molar-refractivity contribution in [3.05, 3.63) is 12.2 Å². The van der Waals surface area contributed by atoms with Crippen molar-refractivity contribution in [1.29, 1.82) is 0 Å². The molecule has 6 atom stereocenters. The van der Waals surface area contributed by atoms with Gasteiger partial charge in [-0.1, -0.05) is 32.9 Å². The summed E-state index contributed by atoms with van der Waals surface area (Å²) < 4.78 is 0. The molecule has 0 heterocycles. The van der Waals surface area contributed by atoms with Gasteiger partial charge in [0.15, 0.2) is 0 Å². The lowest BCUT2D eigenvalue weighted by Crippen LogP contribution is -2.72. The first kappa shape index (κ1) is 9.86. The maximum atomic E-state index is 10.7. The summed E-state index contributed by atoms with van der Waals surface area (Å²) in [5.41, 5.74) is -1.10. The zero-order valence-corrected chi connectivity index (χ0v) is 9.64. The van der Waals surface area contributed by atoms with E-state index in [1.54, 1.807) is 0 Å². The molecule has 2 bridgehead atoms. The fourth-order valence-electron chi connectivity index (χ4n) is 4.23. The molecule has 15 heavy (non-hydrogen) atoms. The number of fused-ring (bicyclic) bond motifs is 5. The van der Waals surface area contributed by atoms with Gasteiger partial charge in [-0.05, 0) is 23.7 Å². The number of aliphatic hydroxyl groups excluding tert-OH is 1. The van der Waals surface area contributed by atoms with Gasteiger partial charge in [-0.3, -0.25) is 0 Å². The van der Waals surface area contributed by atoms with Crippen molar-refractivity contribution in [2.45, 2.75) is 38.9 Å². The normalized spacial score (nSPS) is 56.7. The van der Waals surface area contributed by atoms with E-state index in [0.717, 1.165) is 6.42 Å². The highest BCUT2D eigenvalue weighted by Gasteiger charge is 2.72. The van der Waals surface area contributed by atoms with E-state index in [-0.39, 0.29) is 5.41 Å². The second kappa shape index (κ2) is 2.49. The SMILES string of the molecule is CC(C)(C)[C@@]1(O)[C@H]2[C@H]([C@H]1O)[C@H]1C=C[C@H]2C1. The molecule has 0 aromatic rings. The fraction of sp³-hybridized carbons (Fsp3) is 0.846. The van der Waals surface area contributed by atoms with Crippen molar-refractivity contribution in [3.8, 4) is 0 Å². The zero-order chi connectivity index (χ0) is 11.0. The summed E-state index contributed by atoms with van der Waals surface area (Å²) in [5.74, 6) is 1.65. The van der Waals surface area contributed by atoms with E-state index in [0.29, 0.717) is 23.7 Å². The molecule has 0 unspecified atom stereocenters. The molecule has 3 aliphatic carbocycles. The van der Waals surface area contributed by atoms with Crippen molar-refractivity contribution in [1.82, 2.24) is 0 Å². The fourth-order valence-corrected chi connectivity index (χ4v) is 4.23. The van der Waals surface area contributed by atoms with Crippen LogP contribution in [0.5, 0.6) is 0 Å². The average molecular weight is 208 g/mol. The molecule has 0 aliphatic heterocycles. The number of hydrogen-bond acceptors (Lipinski definition) is 2. The van der Waals surface area contributed by atoms with E-state index >= 15 is 0 Å². The molecule has 3 rings (SSSR count). The van der Waals surface area contributed by atoms with E-state index in [9.17, 15) is 10.2 Å². The minimum atomic E-state index is -0.873. The third-order valence-corrected chi connectivity index (χ3v) is 5.05. The molecule has 0 amide bonds. The third kappa shape index (κ3) is 0.891. The van der Waals surface area contributed by atoms with Gasteiger partial charge < -0.3 is 10.2 Å². The Morgan fingerprint density at radius 1 is 1.20 bits per heavy atom. The summed E-state index contributed by atoms with van der Waals surface area (Å²) in [5, 5.41) is 20.9. The molecular formula is C13H20O2. The largest absolute Gasteiger partial charge is 0.390 e. The number of allylic oxidation sites excluding steroid dienone is 2. The molecule has 0 radical (unpaired) electrons. The smallest absolute Gasteiger partial charge is 0.0993 e. The number of rotatable bonds is 0. The summed E-state index contributed by atoms with van der Waals surface area (Å²) in [6.07, 6.45) is 5.10. The predicted molar refractivity (Wildman–Crippen MR) is 58.1 cm³/mol. The Morgan fingerprint density at radius 3 is 2.40 bits per heavy atom. The molecular weight excluding hydrogens is 188 g/mol. The minimum Gasteiger partial charge on any atom is -0.390 e. The van der Waals surface area contributed by atoms with Gasteiger partial charge in [-0.15, -0.1) is 0 Å². The first-order chi connectivity index (χ1) is 6.87. The topological polar surface area (TPSA) is 40.5 Å². The van der Waals surface area contributed by atoms with Crippen LogP contribution >= 0.6 is 0 Å². The van der Waals surface area contributed by atoms with Crippen LogP contribution in [0, 0.1) is 29.1 Å². The maximum absolute atomic E-state index is 10.7. The van der Waals surface area contributed by atoms with E-state index in [1.165, 1.54) is 0 Å². The summed E-state index contributed by atoms with van der Waals surface area (Å²) in [4.78, 5) is 0. The van der Waals surface area contributed by atoms with Crippen LogP contribution in [0.15, 0.2) is 12.2 Å². The molecule has 0 spiro atoms. The van der Waals surface area contributed by atoms with Crippen LogP contribution in [0.1, 0.15) is 27.2 Å². The standard InChI is InChI=1S/C13H20O2/c1-12(2,3)13(15)10-8-5-4-7(6-8)9(10)11(13)14/h4-5,7-11,14-15H,6H2,1-3H3/t7-,8-,9+,10+,11+,13+/m0/s1. The third-order valence-electron chi connectivity index (χ3n) is 5.05. The molecule has 2 nitrogen and oxygen atoms in total. The first-order valence-corrected chi connectivity index (χ1v) is 5.96. The predicted octanol–water partition coefficient (Wildman–Crippen LogP) is 1.58. The Labute approximate surface area is 91.0 Å². The van der Waals surface area contributed by atoms with Crippen LogP contribution in [0.25, 0.3) is 0 Å². The Bertz CT molecular complexity index is 328. The highest BCUT2D eigenvalue weighted by atomic mass is 16.4.